The topological polar surface area (TPSA) is 41.0 Å². The van der Waals surface area contributed by atoms with Gasteiger partial charge in [0.05, 0.1) is 11.4 Å². The molecule has 34 heavy (non-hydrogen) atoms. The zero-order valence-electron chi connectivity index (χ0n) is 21.4. The van der Waals surface area contributed by atoms with Crippen molar-refractivity contribution in [3.63, 3.8) is 0 Å². The first-order chi connectivity index (χ1) is 16.3. The van der Waals surface area contributed by atoms with Crippen molar-refractivity contribution in [3.05, 3.63) is 93.5 Å². The molecule has 3 rings (SSSR count). The number of halogens is 1. The van der Waals surface area contributed by atoms with E-state index < -0.39 is 0 Å². The molecule has 0 radical (unpaired) electrons. The fraction of sp³-hybridized carbons (Fsp3) is 0.448. The monoisotopic (exact) mass is 478 g/mol. The molecule has 0 aliphatic rings. The Hall–Kier alpha value is -2.27. The van der Waals surface area contributed by atoms with Crippen molar-refractivity contribution in [1.29, 1.82) is 0 Å². The third kappa shape index (κ3) is 7.11. The van der Waals surface area contributed by atoms with Crippen LogP contribution in [0.4, 0.5) is 0 Å². The number of benzene rings is 1. The molecule has 0 atom stereocenters. The third-order valence-electron chi connectivity index (χ3n) is 6.64. The molecule has 0 bridgehead atoms. The van der Waals surface area contributed by atoms with Crippen LogP contribution in [0.1, 0.15) is 67.3 Å². The average Bonchev–Trinajstić information content (AvgIpc) is 2.82. The number of hydrogen-bond acceptors (Lipinski definition) is 4. The summed E-state index contributed by atoms with van der Waals surface area (Å²) in [6.45, 7) is 15.8. The van der Waals surface area contributed by atoms with Gasteiger partial charge in [0.2, 0.25) is 0 Å². The number of pyridine rings is 2. The summed E-state index contributed by atoms with van der Waals surface area (Å²) in [6, 6.07) is 14.6. The van der Waals surface area contributed by atoms with Gasteiger partial charge in [0, 0.05) is 35.9 Å². The van der Waals surface area contributed by atoms with E-state index in [2.05, 4.69) is 74.1 Å². The summed E-state index contributed by atoms with van der Waals surface area (Å²) in [7, 11) is 0. The van der Waals surface area contributed by atoms with E-state index in [1.54, 1.807) is 0 Å². The second kappa shape index (κ2) is 12.4. The largest absolute Gasteiger partial charge is 0.311 e. The highest BCUT2D eigenvalue weighted by Crippen LogP contribution is 2.33. The van der Waals surface area contributed by atoms with Crippen LogP contribution in [0.3, 0.4) is 0 Å². The smallest absolute Gasteiger partial charge is 0.0582 e. The Morgan fingerprint density at radius 2 is 1.76 bits per heavy atom. The van der Waals surface area contributed by atoms with Crippen molar-refractivity contribution in [3.8, 4) is 0 Å². The highest BCUT2D eigenvalue weighted by molar-refractivity contribution is 6.30. The van der Waals surface area contributed by atoms with E-state index in [4.69, 9.17) is 16.6 Å². The highest BCUT2D eigenvalue weighted by Gasteiger charge is 2.26. The van der Waals surface area contributed by atoms with E-state index in [1.807, 2.05) is 30.6 Å². The normalized spacial score (nSPS) is 11.9. The number of nitrogens with one attached hydrogen (secondary N) is 1. The minimum atomic E-state index is -0.139. The number of aryl methyl sites for hydroxylation is 2. The van der Waals surface area contributed by atoms with Crippen molar-refractivity contribution in [2.75, 3.05) is 19.6 Å². The van der Waals surface area contributed by atoms with Gasteiger partial charge in [-0.15, -0.1) is 0 Å². The van der Waals surface area contributed by atoms with E-state index in [-0.39, 0.29) is 5.41 Å². The minimum absolute atomic E-state index is 0.139. The van der Waals surface area contributed by atoms with Crippen molar-refractivity contribution < 1.29 is 0 Å². The van der Waals surface area contributed by atoms with E-state index >= 15 is 0 Å². The summed E-state index contributed by atoms with van der Waals surface area (Å²) in [6.07, 6.45) is 6.16. The summed E-state index contributed by atoms with van der Waals surface area (Å²) >= 11 is 6.10. The van der Waals surface area contributed by atoms with Gasteiger partial charge in [0.15, 0.2) is 0 Å². The Morgan fingerprint density at radius 3 is 2.47 bits per heavy atom. The predicted octanol–water partition coefficient (Wildman–Crippen LogP) is 6.46. The zero-order chi connectivity index (χ0) is 24.6. The van der Waals surface area contributed by atoms with E-state index in [1.165, 1.54) is 27.9 Å². The van der Waals surface area contributed by atoms with Gasteiger partial charge < -0.3 is 5.32 Å². The van der Waals surface area contributed by atoms with Crippen LogP contribution in [0.15, 0.2) is 54.9 Å². The molecule has 0 fully saturated rings. The maximum absolute atomic E-state index is 6.10. The summed E-state index contributed by atoms with van der Waals surface area (Å²) in [4.78, 5) is 11.8. The first-order valence-electron chi connectivity index (χ1n) is 12.4. The summed E-state index contributed by atoms with van der Waals surface area (Å²) in [5.41, 5.74) is 7.16. The molecule has 0 saturated heterocycles. The number of rotatable bonds is 12. The predicted molar refractivity (Wildman–Crippen MR) is 143 cm³/mol. The molecule has 2 aromatic heterocycles. The molecule has 0 spiro atoms. The first-order valence-corrected chi connectivity index (χ1v) is 12.7. The lowest BCUT2D eigenvalue weighted by Gasteiger charge is -2.28. The minimum Gasteiger partial charge on any atom is -0.311 e. The summed E-state index contributed by atoms with van der Waals surface area (Å²) < 4.78 is 0. The molecule has 1 aromatic carbocycles. The molecule has 4 nitrogen and oxygen atoms in total. The number of nitrogens with zero attached hydrogens (tertiary/aromatic N) is 3. The molecule has 1 N–H and O–H groups in total. The van der Waals surface area contributed by atoms with E-state index in [0.29, 0.717) is 0 Å². The van der Waals surface area contributed by atoms with Crippen molar-refractivity contribution >= 4 is 11.6 Å². The van der Waals surface area contributed by atoms with E-state index in [9.17, 15) is 0 Å². The van der Waals surface area contributed by atoms with Crippen LogP contribution in [0.25, 0.3) is 0 Å². The Morgan fingerprint density at radius 1 is 1.00 bits per heavy atom. The molecule has 0 aliphatic carbocycles. The molecule has 0 amide bonds. The molecule has 0 aliphatic heterocycles. The Bertz CT molecular complexity index is 1050. The van der Waals surface area contributed by atoms with Crippen LogP contribution in [-0.2, 0) is 18.5 Å². The second-order valence-corrected chi connectivity index (χ2v) is 10.1. The van der Waals surface area contributed by atoms with Gasteiger partial charge in [-0.2, -0.15) is 0 Å². The lowest BCUT2D eigenvalue weighted by Crippen LogP contribution is -2.27. The van der Waals surface area contributed by atoms with Crippen LogP contribution in [0.5, 0.6) is 0 Å². The first kappa shape index (κ1) is 26.3. The van der Waals surface area contributed by atoms with Crippen molar-refractivity contribution in [2.45, 2.75) is 66.0 Å². The molecule has 0 saturated carbocycles. The maximum Gasteiger partial charge on any atom is 0.0582 e. The van der Waals surface area contributed by atoms with Gasteiger partial charge in [0.25, 0.3) is 0 Å². The Kier molecular flexibility index (Phi) is 9.63. The van der Waals surface area contributed by atoms with Gasteiger partial charge in [-0.1, -0.05) is 56.6 Å². The molecule has 0 unspecified atom stereocenters. The second-order valence-electron chi connectivity index (χ2n) is 9.66. The Balaban J connectivity index is 1.48. The van der Waals surface area contributed by atoms with Crippen LogP contribution >= 0.6 is 11.6 Å². The molecule has 3 aromatic rings. The van der Waals surface area contributed by atoms with Crippen LogP contribution < -0.4 is 5.32 Å². The summed E-state index contributed by atoms with van der Waals surface area (Å²) in [5.74, 6) is 0. The molecule has 5 heteroatoms. The molecular formula is C29H39ClN4. The fourth-order valence-electron chi connectivity index (χ4n) is 4.43. The highest BCUT2D eigenvalue weighted by atomic mass is 35.5. The van der Waals surface area contributed by atoms with Gasteiger partial charge >= 0.3 is 0 Å². The summed E-state index contributed by atoms with van der Waals surface area (Å²) in [5, 5.41) is 4.38. The zero-order valence-corrected chi connectivity index (χ0v) is 22.1. The number of aromatic nitrogens is 2. The standard InChI is InChI=1S/C29H39ClN4/c1-6-34(21-28-23(3)18-22(2)19-33-28)17-8-7-15-31-20-27-26(10-9-16-32-27)29(4,5)24-11-13-25(30)14-12-24/h9-14,16,18-19,31H,6-8,15,17,20-21H2,1-5H3. The lowest BCUT2D eigenvalue weighted by atomic mass is 9.77. The third-order valence-corrected chi connectivity index (χ3v) is 6.90. The quantitative estimate of drug-likeness (QED) is 0.303. The lowest BCUT2D eigenvalue weighted by molar-refractivity contribution is 0.269. The average molecular weight is 479 g/mol. The van der Waals surface area contributed by atoms with Crippen LogP contribution in [0.2, 0.25) is 5.02 Å². The van der Waals surface area contributed by atoms with Crippen molar-refractivity contribution in [2.24, 2.45) is 0 Å². The molecular weight excluding hydrogens is 440 g/mol. The van der Waals surface area contributed by atoms with Gasteiger partial charge in [-0.25, -0.2) is 0 Å². The molecule has 2 heterocycles. The maximum atomic E-state index is 6.10. The molecule has 182 valence electrons. The Labute approximate surface area is 210 Å². The SMILES string of the molecule is CCN(CCCCNCc1ncccc1C(C)(C)c1ccc(Cl)cc1)Cc1ncc(C)cc1C. The number of unbranched alkanes of at least 4 members (excludes halogenated alkanes) is 1. The van der Waals surface area contributed by atoms with Crippen LogP contribution in [0, 0.1) is 13.8 Å². The van der Waals surface area contributed by atoms with Gasteiger partial charge in [-0.3, -0.25) is 14.9 Å². The van der Waals surface area contributed by atoms with Crippen LogP contribution in [-0.4, -0.2) is 34.5 Å². The van der Waals surface area contributed by atoms with Crippen molar-refractivity contribution in [1.82, 2.24) is 20.2 Å². The van der Waals surface area contributed by atoms with Gasteiger partial charge in [-0.05, 0) is 86.8 Å². The van der Waals surface area contributed by atoms with E-state index in [0.717, 1.165) is 56.3 Å². The van der Waals surface area contributed by atoms with Gasteiger partial charge in [0.1, 0.15) is 0 Å². The number of hydrogen-bond donors (Lipinski definition) is 1. The fourth-order valence-corrected chi connectivity index (χ4v) is 4.56.